The molecule has 6 heteroatoms. The van der Waals surface area contributed by atoms with E-state index in [1.165, 1.54) is 6.07 Å². The molecule has 0 aromatic heterocycles. The zero-order chi connectivity index (χ0) is 14.7. The lowest BCUT2D eigenvalue weighted by Gasteiger charge is -2.16. The van der Waals surface area contributed by atoms with Gasteiger partial charge in [0.2, 0.25) is 0 Å². The SMILES string of the molecule is CCOC(=O)c1ccc(N)cc1OC1CCN(C)C1=O. The van der Waals surface area contributed by atoms with Crippen molar-refractivity contribution in [1.29, 1.82) is 0 Å². The van der Waals surface area contributed by atoms with Crippen LogP contribution in [0.5, 0.6) is 5.75 Å². The Morgan fingerprint density at radius 3 is 2.85 bits per heavy atom. The molecular formula is C14H18N2O4. The first-order valence-corrected chi connectivity index (χ1v) is 6.51. The van der Waals surface area contributed by atoms with Crippen LogP contribution in [0.2, 0.25) is 0 Å². The van der Waals surface area contributed by atoms with Crippen LogP contribution in [0.25, 0.3) is 0 Å². The third-order valence-corrected chi connectivity index (χ3v) is 3.15. The van der Waals surface area contributed by atoms with Gasteiger partial charge in [0.25, 0.3) is 5.91 Å². The van der Waals surface area contributed by atoms with Gasteiger partial charge < -0.3 is 20.1 Å². The van der Waals surface area contributed by atoms with E-state index < -0.39 is 12.1 Å². The molecule has 1 aromatic rings. The molecule has 1 amide bonds. The zero-order valence-electron chi connectivity index (χ0n) is 11.6. The van der Waals surface area contributed by atoms with E-state index in [2.05, 4.69) is 0 Å². The molecule has 0 radical (unpaired) electrons. The van der Waals surface area contributed by atoms with Crippen molar-refractivity contribution in [2.75, 3.05) is 25.9 Å². The van der Waals surface area contributed by atoms with Crippen LogP contribution >= 0.6 is 0 Å². The number of likely N-dealkylation sites (tertiary alicyclic amines) is 1. The molecule has 1 heterocycles. The van der Waals surface area contributed by atoms with E-state index in [0.717, 1.165) is 0 Å². The van der Waals surface area contributed by atoms with Gasteiger partial charge in [-0.05, 0) is 19.1 Å². The van der Waals surface area contributed by atoms with Crippen LogP contribution in [-0.2, 0) is 9.53 Å². The molecule has 1 atom stereocenters. The molecule has 1 aliphatic heterocycles. The maximum absolute atomic E-state index is 11.9. The van der Waals surface area contributed by atoms with Gasteiger partial charge in [-0.2, -0.15) is 0 Å². The Kier molecular flexibility index (Phi) is 4.12. The summed E-state index contributed by atoms with van der Waals surface area (Å²) in [6.45, 7) is 2.64. The second-order valence-corrected chi connectivity index (χ2v) is 4.63. The molecular weight excluding hydrogens is 260 g/mol. The summed E-state index contributed by atoms with van der Waals surface area (Å²) in [5.41, 5.74) is 6.46. The molecule has 1 unspecified atom stereocenters. The standard InChI is InChI=1S/C14H18N2O4/c1-3-19-14(18)10-5-4-9(15)8-12(10)20-11-6-7-16(2)13(11)17/h4-5,8,11H,3,6-7,15H2,1-2H3. The van der Waals surface area contributed by atoms with Gasteiger partial charge in [0.05, 0.1) is 6.61 Å². The summed E-state index contributed by atoms with van der Waals surface area (Å²) in [7, 11) is 1.72. The van der Waals surface area contributed by atoms with Gasteiger partial charge in [-0.25, -0.2) is 4.79 Å². The number of rotatable bonds is 4. The first-order chi connectivity index (χ1) is 9.52. The van der Waals surface area contributed by atoms with Crippen molar-refractivity contribution in [1.82, 2.24) is 4.90 Å². The van der Waals surface area contributed by atoms with E-state index in [4.69, 9.17) is 15.2 Å². The van der Waals surface area contributed by atoms with Crippen LogP contribution in [-0.4, -0.2) is 43.1 Å². The number of likely N-dealkylation sites (N-methyl/N-ethyl adjacent to an activating group) is 1. The predicted molar refractivity (Wildman–Crippen MR) is 73.5 cm³/mol. The highest BCUT2D eigenvalue weighted by atomic mass is 16.5. The zero-order valence-corrected chi connectivity index (χ0v) is 11.6. The fourth-order valence-corrected chi connectivity index (χ4v) is 2.07. The molecule has 0 aliphatic carbocycles. The fraction of sp³-hybridized carbons (Fsp3) is 0.429. The van der Waals surface area contributed by atoms with Crippen LogP contribution in [0.15, 0.2) is 18.2 Å². The molecule has 0 bridgehead atoms. The van der Waals surface area contributed by atoms with Crippen LogP contribution in [0, 0.1) is 0 Å². The number of nitrogens with two attached hydrogens (primary N) is 1. The first-order valence-electron chi connectivity index (χ1n) is 6.51. The minimum absolute atomic E-state index is 0.0952. The number of esters is 1. The normalized spacial score (nSPS) is 18.2. The number of carbonyl (C=O) groups is 2. The summed E-state index contributed by atoms with van der Waals surface area (Å²) in [6.07, 6.45) is 0.0156. The Morgan fingerprint density at radius 1 is 1.50 bits per heavy atom. The molecule has 0 saturated carbocycles. The summed E-state index contributed by atoms with van der Waals surface area (Å²) in [6, 6.07) is 4.69. The molecule has 1 fully saturated rings. The van der Waals surface area contributed by atoms with Crippen molar-refractivity contribution >= 4 is 17.6 Å². The number of nitrogens with zero attached hydrogens (tertiary/aromatic N) is 1. The number of anilines is 1. The average molecular weight is 278 g/mol. The highest BCUT2D eigenvalue weighted by molar-refractivity contribution is 5.93. The molecule has 20 heavy (non-hydrogen) atoms. The average Bonchev–Trinajstić information content (AvgIpc) is 2.71. The van der Waals surface area contributed by atoms with E-state index in [-0.39, 0.29) is 23.8 Å². The van der Waals surface area contributed by atoms with Gasteiger partial charge in [-0.15, -0.1) is 0 Å². The van der Waals surface area contributed by atoms with Crippen LogP contribution in [0.4, 0.5) is 5.69 Å². The highest BCUT2D eigenvalue weighted by Crippen LogP contribution is 2.26. The molecule has 1 aliphatic rings. The van der Waals surface area contributed by atoms with Gasteiger partial charge in [0.15, 0.2) is 6.10 Å². The van der Waals surface area contributed by atoms with Crippen LogP contribution in [0.3, 0.4) is 0 Å². The Balaban J connectivity index is 2.23. The van der Waals surface area contributed by atoms with Gasteiger partial charge in [0.1, 0.15) is 11.3 Å². The number of hydrogen-bond donors (Lipinski definition) is 1. The minimum Gasteiger partial charge on any atom is -0.480 e. The summed E-state index contributed by atoms with van der Waals surface area (Å²) < 4.78 is 10.6. The van der Waals surface area contributed by atoms with Gasteiger partial charge in [-0.1, -0.05) is 0 Å². The van der Waals surface area contributed by atoms with Gasteiger partial charge in [0, 0.05) is 31.8 Å². The van der Waals surface area contributed by atoms with Crippen LogP contribution in [0.1, 0.15) is 23.7 Å². The Labute approximate surface area is 117 Å². The molecule has 1 saturated heterocycles. The Hall–Kier alpha value is -2.24. The first kappa shape index (κ1) is 14.2. The maximum Gasteiger partial charge on any atom is 0.341 e. The van der Waals surface area contributed by atoms with Crippen molar-refractivity contribution < 1.29 is 19.1 Å². The van der Waals surface area contributed by atoms with Crippen LogP contribution < -0.4 is 10.5 Å². The maximum atomic E-state index is 11.9. The Morgan fingerprint density at radius 2 is 2.25 bits per heavy atom. The Bertz CT molecular complexity index is 530. The summed E-state index contributed by atoms with van der Waals surface area (Å²) >= 11 is 0. The second kappa shape index (κ2) is 5.81. The largest absolute Gasteiger partial charge is 0.480 e. The predicted octanol–water partition coefficient (Wildman–Crippen LogP) is 1.06. The number of nitrogen functional groups attached to an aromatic ring is 1. The highest BCUT2D eigenvalue weighted by Gasteiger charge is 2.32. The van der Waals surface area contributed by atoms with Crippen molar-refractivity contribution in [2.45, 2.75) is 19.4 Å². The van der Waals surface area contributed by atoms with Crippen molar-refractivity contribution in [3.8, 4) is 5.75 Å². The van der Waals surface area contributed by atoms with E-state index in [1.54, 1.807) is 31.0 Å². The number of carbonyl (C=O) groups excluding carboxylic acids is 2. The lowest BCUT2D eigenvalue weighted by molar-refractivity contribution is -0.132. The van der Waals surface area contributed by atoms with Gasteiger partial charge >= 0.3 is 5.97 Å². The van der Waals surface area contributed by atoms with E-state index in [9.17, 15) is 9.59 Å². The summed E-state index contributed by atoms with van der Waals surface area (Å²) in [5, 5.41) is 0. The molecule has 1 aromatic carbocycles. The smallest absolute Gasteiger partial charge is 0.341 e. The van der Waals surface area contributed by atoms with Gasteiger partial charge in [-0.3, -0.25) is 4.79 Å². The second-order valence-electron chi connectivity index (χ2n) is 4.63. The summed E-state index contributed by atoms with van der Waals surface area (Å²) in [4.78, 5) is 25.3. The number of benzene rings is 1. The molecule has 108 valence electrons. The topological polar surface area (TPSA) is 81.9 Å². The van der Waals surface area contributed by atoms with Crippen molar-refractivity contribution in [3.05, 3.63) is 23.8 Å². The van der Waals surface area contributed by atoms with E-state index in [1.807, 2.05) is 0 Å². The lowest BCUT2D eigenvalue weighted by atomic mass is 10.1. The molecule has 0 spiro atoms. The van der Waals surface area contributed by atoms with E-state index >= 15 is 0 Å². The molecule has 6 nitrogen and oxygen atoms in total. The summed E-state index contributed by atoms with van der Waals surface area (Å²) in [5.74, 6) is -0.291. The molecule has 2 N–H and O–H groups in total. The monoisotopic (exact) mass is 278 g/mol. The minimum atomic E-state index is -0.574. The third kappa shape index (κ3) is 2.84. The fourth-order valence-electron chi connectivity index (χ4n) is 2.07. The van der Waals surface area contributed by atoms with Crippen molar-refractivity contribution in [3.63, 3.8) is 0 Å². The number of hydrogen-bond acceptors (Lipinski definition) is 5. The number of ether oxygens (including phenoxy) is 2. The quantitative estimate of drug-likeness (QED) is 0.657. The lowest BCUT2D eigenvalue weighted by Crippen LogP contribution is -2.30. The van der Waals surface area contributed by atoms with E-state index in [0.29, 0.717) is 18.7 Å². The third-order valence-electron chi connectivity index (χ3n) is 3.15. The molecule has 2 rings (SSSR count). The van der Waals surface area contributed by atoms with Crippen molar-refractivity contribution in [2.24, 2.45) is 0 Å². The number of amides is 1.